The number of hydrogen-bond acceptors (Lipinski definition) is 6. The van der Waals surface area contributed by atoms with Gasteiger partial charge < -0.3 is 14.0 Å². The maximum absolute atomic E-state index is 5.70. The molecule has 0 saturated carbocycles. The largest absolute Gasteiger partial charge is 0.497 e. The summed E-state index contributed by atoms with van der Waals surface area (Å²) in [6.07, 6.45) is 0. The molecule has 0 aliphatic rings. The first-order valence-corrected chi connectivity index (χ1v) is 8.29. The van der Waals surface area contributed by atoms with Gasteiger partial charge in [-0.05, 0) is 43.3 Å². The minimum atomic E-state index is 0.429. The predicted molar refractivity (Wildman–Crippen MR) is 98.2 cm³/mol. The fourth-order valence-electron chi connectivity index (χ4n) is 2.69. The van der Waals surface area contributed by atoms with E-state index in [1.807, 2.05) is 61.5 Å². The van der Waals surface area contributed by atoms with Gasteiger partial charge in [0.2, 0.25) is 11.7 Å². The Morgan fingerprint density at radius 2 is 1.81 bits per heavy atom. The van der Waals surface area contributed by atoms with E-state index in [-0.39, 0.29) is 0 Å². The molecule has 26 heavy (non-hydrogen) atoms. The van der Waals surface area contributed by atoms with Crippen molar-refractivity contribution in [3.63, 3.8) is 0 Å². The van der Waals surface area contributed by atoms with Crippen molar-refractivity contribution in [2.75, 3.05) is 13.7 Å². The number of rotatable bonds is 5. The van der Waals surface area contributed by atoms with Gasteiger partial charge in [0, 0.05) is 10.9 Å². The summed E-state index contributed by atoms with van der Waals surface area (Å²) in [7, 11) is 1.63. The highest BCUT2D eigenvalue weighted by Crippen LogP contribution is 2.31. The summed E-state index contributed by atoms with van der Waals surface area (Å²) < 4.78 is 16.3. The molecule has 0 aliphatic heterocycles. The van der Waals surface area contributed by atoms with Crippen LogP contribution < -0.4 is 9.47 Å². The molecular formula is C20H17N3O3. The highest BCUT2D eigenvalue weighted by molar-refractivity contribution is 5.85. The molecule has 4 rings (SSSR count). The smallest absolute Gasteiger partial charge is 0.258 e. The Balaban J connectivity index is 1.77. The first-order valence-electron chi connectivity index (χ1n) is 8.29. The average molecular weight is 347 g/mol. The van der Waals surface area contributed by atoms with Crippen molar-refractivity contribution in [2.24, 2.45) is 0 Å². The zero-order valence-electron chi connectivity index (χ0n) is 14.5. The van der Waals surface area contributed by atoms with Gasteiger partial charge in [-0.3, -0.25) is 0 Å². The Morgan fingerprint density at radius 1 is 1.00 bits per heavy atom. The lowest BCUT2D eigenvalue weighted by molar-refractivity contribution is 0.329. The van der Waals surface area contributed by atoms with Crippen molar-refractivity contribution in [3.8, 4) is 34.5 Å². The van der Waals surface area contributed by atoms with Gasteiger partial charge in [-0.2, -0.15) is 4.98 Å². The van der Waals surface area contributed by atoms with E-state index in [0.717, 1.165) is 22.2 Å². The van der Waals surface area contributed by atoms with Crippen LogP contribution in [0.5, 0.6) is 11.6 Å². The summed E-state index contributed by atoms with van der Waals surface area (Å²) in [6.45, 7) is 2.42. The molecule has 130 valence electrons. The molecule has 0 fully saturated rings. The molecule has 0 N–H and O–H groups in total. The van der Waals surface area contributed by atoms with Crippen LogP contribution in [0.1, 0.15) is 6.92 Å². The Hall–Kier alpha value is -3.41. The van der Waals surface area contributed by atoms with Gasteiger partial charge in [-0.25, -0.2) is 4.98 Å². The standard InChI is InChI=1S/C20H17N3O3/c1-3-25-20-16(12-14-6-4-5-7-17(14)21-20)18-22-19(26-23-18)13-8-10-15(24-2)11-9-13/h4-12H,3H2,1-2H3. The van der Waals surface area contributed by atoms with E-state index in [1.54, 1.807) is 7.11 Å². The first kappa shape index (κ1) is 16.1. The Bertz CT molecular complexity index is 1040. The highest BCUT2D eigenvalue weighted by Gasteiger charge is 2.17. The van der Waals surface area contributed by atoms with Crippen LogP contribution in [0.2, 0.25) is 0 Å². The molecule has 2 heterocycles. The molecule has 0 saturated heterocycles. The number of hydrogen-bond donors (Lipinski definition) is 0. The summed E-state index contributed by atoms with van der Waals surface area (Å²) in [5.74, 6) is 2.13. The zero-order chi connectivity index (χ0) is 17.9. The summed E-state index contributed by atoms with van der Waals surface area (Å²) >= 11 is 0. The third kappa shape index (κ3) is 2.97. The molecule has 0 atom stereocenters. The first-order chi connectivity index (χ1) is 12.8. The summed E-state index contributed by atoms with van der Waals surface area (Å²) in [5.41, 5.74) is 2.38. The molecule has 0 aliphatic carbocycles. The number of nitrogens with zero attached hydrogens (tertiary/aromatic N) is 3. The normalized spacial score (nSPS) is 10.8. The molecule has 6 nitrogen and oxygen atoms in total. The van der Waals surface area contributed by atoms with Gasteiger partial charge in [-0.1, -0.05) is 23.4 Å². The second-order valence-electron chi connectivity index (χ2n) is 5.62. The minimum absolute atomic E-state index is 0.429. The molecule has 6 heteroatoms. The van der Waals surface area contributed by atoms with Crippen LogP contribution in [-0.2, 0) is 0 Å². The number of aromatic nitrogens is 3. The summed E-state index contributed by atoms with van der Waals surface area (Å²) in [6, 6.07) is 17.3. The van der Waals surface area contributed by atoms with E-state index in [2.05, 4.69) is 15.1 Å². The monoisotopic (exact) mass is 347 g/mol. The van der Waals surface area contributed by atoms with Gasteiger partial charge in [0.1, 0.15) is 5.75 Å². The van der Waals surface area contributed by atoms with Crippen LogP contribution in [0.3, 0.4) is 0 Å². The molecule has 0 unspecified atom stereocenters. The summed E-state index contributed by atoms with van der Waals surface area (Å²) in [5, 5.41) is 5.11. The molecule has 0 spiro atoms. The molecule has 0 radical (unpaired) electrons. The third-order valence-electron chi connectivity index (χ3n) is 3.97. The van der Waals surface area contributed by atoms with E-state index < -0.39 is 0 Å². The van der Waals surface area contributed by atoms with Gasteiger partial charge in [0.05, 0.1) is 24.8 Å². The van der Waals surface area contributed by atoms with Crippen molar-refractivity contribution in [1.29, 1.82) is 0 Å². The Labute approximate surface area is 150 Å². The lowest BCUT2D eigenvalue weighted by atomic mass is 10.1. The van der Waals surface area contributed by atoms with E-state index in [4.69, 9.17) is 14.0 Å². The SMILES string of the molecule is CCOc1nc2ccccc2cc1-c1noc(-c2ccc(OC)cc2)n1. The van der Waals surface area contributed by atoms with Gasteiger partial charge >= 0.3 is 0 Å². The van der Waals surface area contributed by atoms with Gasteiger partial charge in [0.15, 0.2) is 0 Å². The second kappa shape index (κ2) is 6.84. The number of pyridine rings is 1. The fraction of sp³-hybridized carbons (Fsp3) is 0.150. The Kier molecular flexibility index (Phi) is 4.23. The van der Waals surface area contributed by atoms with Gasteiger partial charge in [0.25, 0.3) is 5.89 Å². The lowest BCUT2D eigenvalue weighted by Gasteiger charge is -2.08. The average Bonchev–Trinajstić information content (AvgIpc) is 3.18. The van der Waals surface area contributed by atoms with Crippen LogP contribution in [0.25, 0.3) is 33.7 Å². The topological polar surface area (TPSA) is 70.3 Å². The van der Waals surface area contributed by atoms with Crippen LogP contribution >= 0.6 is 0 Å². The Morgan fingerprint density at radius 3 is 2.58 bits per heavy atom. The van der Waals surface area contributed by atoms with E-state index in [1.165, 1.54) is 0 Å². The number of methoxy groups -OCH3 is 1. The summed E-state index contributed by atoms with van der Waals surface area (Å²) in [4.78, 5) is 9.10. The minimum Gasteiger partial charge on any atom is -0.497 e. The number of benzene rings is 2. The van der Waals surface area contributed by atoms with Crippen molar-refractivity contribution < 1.29 is 14.0 Å². The van der Waals surface area contributed by atoms with Crippen LogP contribution in [0.4, 0.5) is 0 Å². The fourth-order valence-corrected chi connectivity index (χ4v) is 2.69. The predicted octanol–water partition coefficient (Wildman–Crippen LogP) is 4.36. The molecular weight excluding hydrogens is 330 g/mol. The van der Waals surface area contributed by atoms with Crippen molar-refractivity contribution in [3.05, 3.63) is 54.6 Å². The van der Waals surface area contributed by atoms with E-state index in [0.29, 0.717) is 29.8 Å². The number of ether oxygens (including phenoxy) is 2. The molecule has 0 bridgehead atoms. The lowest BCUT2D eigenvalue weighted by Crippen LogP contribution is -1.98. The molecule has 4 aromatic rings. The van der Waals surface area contributed by atoms with E-state index >= 15 is 0 Å². The maximum atomic E-state index is 5.70. The van der Waals surface area contributed by atoms with Gasteiger partial charge in [-0.15, -0.1) is 0 Å². The zero-order valence-corrected chi connectivity index (χ0v) is 14.5. The number of para-hydroxylation sites is 1. The molecule has 2 aromatic carbocycles. The van der Waals surface area contributed by atoms with Crippen LogP contribution in [0.15, 0.2) is 59.1 Å². The quantitative estimate of drug-likeness (QED) is 0.534. The van der Waals surface area contributed by atoms with Crippen LogP contribution in [-0.4, -0.2) is 28.8 Å². The van der Waals surface area contributed by atoms with E-state index in [9.17, 15) is 0 Å². The van der Waals surface area contributed by atoms with Crippen molar-refractivity contribution >= 4 is 10.9 Å². The highest BCUT2D eigenvalue weighted by atomic mass is 16.5. The van der Waals surface area contributed by atoms with Crippen LogP contribution in [0, 0.1) is 0 Å². The maximum Gasteiger partial charge on any atom is 0.258 e. The van der Waals surface area contributed by atoms with Crippen molar-refractivity contribution in [1.82, 2.24) is 15.1 Å². The van der Waals surface area contributed by atoms with Crippen molar-refractivity contribution in [2.45, 2.75) is 6.92 Å². The molecule has 2 aromatic heterocycles. The number of fused-ring (bicyclic) bond motifs is 1. The third-order valence-corrected chi connectivity index (χ3v) is 3.97. The second-order valence-corrected chi connectivity index (χ2v) is 5.62. The molecule has 0 amide bonds.